The van der Waals surface area contributed by atoms with Crippen LogP contribution in [0.25, 0.3) is 0 Å². The largest absolute Gasteiger partial charge is 0.398 e. The van der Waals surface area contributed by atoms with Gasteiger partial charge in [-0.25, -0.2) is 13.1 Å². The summed E-state index contributed by atoms with van der Waals surface area (Å²) in [5.41, 5.74) is 6.25. The number of rotatable bonds is 5. The molecule has 1 heterocycles. The number of nitrogen functional groups attached to an aromatic ring is 1. The van der Waals surface area contributed by atoms with E-state index in [1.54, 1.807) is 16.8 Å². The van der Waals surface area contributed by atoms with Crippen molar-refractivity contribution in [3.8, 4) is 0 Å². The molecule has 0 amide bonds. The number of anilines is 1. The highest BCUT2D eigenvalue weighted by Crippen LogP contribution is 2.31. The SMILES string of the molecule is Nc1cc(Cl)cc(Cl)c1S(=O)(=O)NCC(O)c1ccsc1. The van der Waals surface area contributed by atoms with Gasteiger partial charge in [-0.2, -0.15) is 11.3 Å². The molecule has 0 spiro atoms. The molecule has 0 bridgehead atoms. The molecule has 0 saturated heterocycles. The number of nitrogens with two attached hydrogens (primary N) is 1. The first kappa shape index (κ1) is 16.5. The van der Waals surface area contributed by atoms with Gasteiger partial charge in [-0.1, -0.05) is 23.2 Å². The monoisotopic (exact) mass is 366 g/mol. The molecule has 0 saturated carbocycles. The average Bonchev–Trinajstić information content (AvgIpc) is 2.88. The fourth-order valence-corrected chi connectivity index (χ4v) is 4.43. The topological polar surface area (TPSA) is 92.4 Å². The van der Waals surface area contributed by atoms with Crippen LogP contribution in [-0.2, 0) is 10.0 Å². The van der Waals surface area contributed by atoms with Crippen molar-refractivity contribution in [2.45, 2.75) is 11.0 Å². The Labute approximate surface area is 136 Å². The quantitative estimate of drug-likeness (QED) is 0.709. The van der Waals surface area contributed by atoms with Crippen molar-refractivity contribution in [3.05, 3.63) is 44.6 Å². The summed E-state index contributed by atoms with van der Waals surface area (Å²) < 4.78 is 26.7. The molecule has 2 rings (SSSR count). The Hall–Kier alpha value is -0.830. The Morgan fingerprint density at radius 1 is 1.38 bits per heavy atom. The minimum atomic E-state index is -3.95. The van der Waals surface area contributed by atoms with Crippen LogP contribution in [0.4, 0.5) is 5.69 Å². The third-order valence-corrected chi connectivity index (χ3v) is 5.57. The zero-order valence-electron chi connectivity index (χ0n) is 10.6. The average molecular weight is 367 g/mol. The Morgan fingerprint density at radius 3 is 2.67 bits per heavy atom. The number of hydrogen-bond donors (Lipinski definition) is 3. The summed E-state index contributed by atoms with van der Waals surface area (Å²) in [5.74, 6) is 0. The summed E-state index contributed by atoms with van der Waals surface area (Å²) in [6, 6.07) is 4.31. The lowest BCUT2D eigenvalue weighted by Crippen LogP contribution is -2.29. The zero-order chi connectivity index (χ0) is 15.6. The highest BCUT2D eigenvalue weighted by atomic mass is 35.5. The van der Waals surface area contributed by atoms with Crippen molar-refractivity contribution in [1.82, 2.24) is 4.72 Å². The highest BCUT2D eigenvalue weighted by Gasteiger charge is 2.23. The lowest BCUT2D eigenvalue weighted by Gasteiger charge is -2.13. The molecule has 21 heavy (non-hydrogen) atoms. The summed E-state index contributed by atoms with van der Waals surface area (Å²) in [5, 5.41) is 13.6. The van der Waals surface area contributed by atoms with Gasteiger partial charge in [0.2, 0.25) is 10.0 Å². The maximum absolute atomic E-state index is 12.2. The maximum atomic E-state index is 12.2. The fraction of sp³-hybridized carbons (Fsp3) is 0.167. The molecule has 0 fully saturated rings. The molecule has 0 aliphatic rings. The van der Waals surface area contributed by atoms with Crippen LogP contribution in [0.2, 0.25) is 10.0 Å². The van der Waals surface area contributed by atoms with Crippen LogP contribution < -0.4 is 10.5 Å². The number of aliphatic hydroxyl groups excluding tert-OH is 1. The van der Waals surface area contributed by atoms with Crippen molar-refractivity contribution < 1.29 is 13.5 Å². The Balaban J connectivity index is 2.20. The Kier molecular flexibility index (Phi) is 5.13. The van der Waals surface area contributed by atoms with Crippen molar-refractivity contribution in [2.24, 2.45) is 0 Å². The number of sulfonamides is 1. The molecule has 0 aliphatic carbocycles. The first-order chi connectivity index (χ1) is 9.81. The standard InChI is InChI=1S/C12H12Cl2N2O3S2/c13-8-3-9(14)12(10(15)4-8)21(18,19)16-5-11(17)7-1-2-20-6-7/h1-4,6,11,16-17H,5,15H2. The van der Waals surface area contributed by atoms with E-state index in [1.165, 1.54) is 23.5 Å². The third kappa shape index (κ3) is 3.88. The van der Waals surface area contributed by atoms with Gasteiger partial charge in [0, 0.05) is 11.6 Å². The van der Waals surface area contributed by atoms with Crippen LogP contribution in [0, 0.1) is 0 Å². The Morgan fingerprint density at radius 2 is 2.10 bits per heavy atom. The van der Waals surface area contributed by atoms with E-state index in [-0.39, 0.29) is 27.2 Å². The van der Waals surface area contributed by atoms with E-state index >= 15 is 0 Å². The number of benzene rings is 1. The summed E-state index contributed by atoms with van der Waals surface area (Å²) >= 11 is 13.0. The second kappa shape index (κ2) is 6.51. The van der Waals surface area contributed by atoms with Crippen LogP contribution in [0.1, 0.15) is 11.7 Å². The lowest BCUT2D eigenvalue weighted by atomic mass is 10.2. The van der Waals surface area contributed by atoms with Gasteiger partial charge in [-0.15, -0.1) is 0 Å². The van der Waals surface area contributed by atoms with Gasteiger partial charge in [0.05, 0.1) is 16.8 Å². The molecule has 4 N–H and O–H groups in total. The van der Waals surface area contributed by atoms with Crippen LogP contribution in [-0.4, -0.2) is 20.1 Å². The van der Waals surface area contributed by atoms with E-state index in [0.717, 1.165) is 0 Å². The van der Waals surface area contributed by atoms with Crippen molar-refractivity contribution in [2.75, 3.05) is 12.3 Å². The molecular weight excluding hydrogens is 355 g/mol. The molecule has 1 atom stereocenters. The van der Waals surface area contributed by atoms with Crippen molar-refractivity contribution in [1.29, 1.82) is 0 Å². The summed E-state index contributed by atoms with van der Waals surface area (Å²) in [6.45, 7) is -0.183. The minimum absolute atomic E-state index is 0.0509. The van der Waals surface area contributed by atoms with E-state index in [9.17, 15) is 13.5 Å². The number of aliphatic hydroxyl groups is 1. The normalized spacial score (nSPS) is 13.3. The van der Waals surface area contributed by atoms with Crippen LogP contribution in [0.15, 0.2) is 33.9 Å². The van der Waals surface area contributed by atoms with E-state index in [2.05, 4.69) is 4.72 Å². The van der Waals surface area contributed by atoms with Crippen LogP contribution >= 0.6 is 34.5 Å². The second-order valence-corrected chi connectivity index (χ2v) is 7.56. The number of nitrogens with one attached hydrogen (secondary N) is 1. The number of hydrogen-bond acceptors (Lipinski definition) is 5. The van der Waals surface area contributed by atoms with Crippen LogP contribution in [0.5, 0.6) is 0 Å². The third-order valence-electron chi connectivity index (χ3n) is 2.70. The van der Waals surface area contributed by atoms with Gasteiger partial charge in [0.1, 0.15) is 4.90 Å². The molecular formula is C12H12Cl2N2O3S2. The van der Waals surface area contributed by atoms with Gasteiger partial charge in [0.25, 0.3) is 0 Å². The minimum Gasteiger partial charge on any atom is -0.398 e. The van der Waals surface area contributed by atoms with Crippen molar-refractivity contribution >= 4 is 50.2 Å². The smallest absolute Gasteiger partial charge is 0.244 e. The maximum Gasteiger partial charge on any atom is 0.244 e. The van der Waals surface area contributed by atoms with E-state index < -0.39 is 16.1 Å². The number of halogens is 2. The predicted molar refractivity (Wildman–Crippen MR) is 85.3 cm³/mol. The fourth-order valence-electron chi connectivity index (χ4n) is 1.71. The Bertz CT molecular complexity index is 710. The first-order valence-corrected chi connectivity index (χ1v) is 8.94. The molecule has 9 heteroatoms. The molecule has 0 aliphatic heterocycles. The van der Waals surface area contributed by atoms with E-state index in [4.69, 9.17) is 28.9 Å². The molecule has 2 aromatic rings. The van der Waals surface area contributed by atoms with E-state index in [0.29, 0.717) is 5.56 Å². The van der Waals surface area contributed by atoms with E-state index in [1.807, 2.05) is 0 Å². The lowest BCUT2D eigenvalue weighted by molar-refractivity contribution is 0.182. The summed E-state index contributed by atoms with van der Waals surface area (Å²) in [4.78, 5) is -0.244. The molecule has 114 valence electrons. The summed E-state index contributed by atoms with van der Waals surface area (Å²) in [7, 11) is -3.95. The van der Waals surface area contributed by atoms with Crippen molar-refractivity contribution in [3.63, 3.8) is 0 Å². The summed E-state index contributed by atoms with van der Waals surface area (Å²) in [6.07, 6.45) is -0.946. The van der Waals surface area contributed by atoms with Gasteiger partial charge >= 0.3 is 0 Å². The molecule has 1 unspecified atom stereocenters. The van der Waals surface area contributed by atoms with Gasteiger partial charge in [-0.05, 0) is 34.5 Å². The predicted octanol–water partition coefficient (Wildman–Crippen LogP) is 2.65. The second-order valence-electron chi connectivity index (χ2n) is 4.23. The number of thiophene rings is 1. The molecule has 1 aromatic heterocycles. The molecule has 0 radical (unpaired) electrons. The zero-order valence-corrected chi connectivity index (χ0v) is 13.7. The van der Waals surface area contributed by atoms with Crippen LogP contribution in [0.3, 0.4) is 0 Å². The molecule has 1 aromatic carbocycles. The van der Waals surface area contributed by atoms with Gasteiger partial charge < -0.3 is 10.8 Å². The first-order valence-electron chi connectivity index (χ1n) is 5.75. The van der Waals surface area contributed by atoms with Gasteiger partial charge in [-0.3, -0.25) is 0 Å². The molecule has 5 nitrogen and oxygen atoms in total. The highest BCUT2D eigenvalue weighted by molar-refractivity contribution is 7.89. The van der Waals surface area contributed by atoms with Gasteiger partial charge in [0.15, 0.2) is 0 Å².